The van der Waals surface area contributed by atoms with Crippen molar-refractivity contribution in [3.05, 3.63) is 57.9 Å². The maximum Gasteiger partial charge on any atom is 0.278 e. The number of oxazole rings is 1. The van der Waals surface area contributed by atoms with E-state index in [1.807, 2.05) is 30.7 Å². The molecule has 0 bridgehead atoms. The molecule has 102 valence electrons. The van der Waals surface area contributed by atoms with Crippen molar-refractivity contribution in [2.45, 2.75) is 20.4 Å². The van der Waals surface area contributed by atoms with Crippen LogP contribution in [-0.4, -0.2) is 14.5 Å². The number of rotatable bonds is 3. The number of nitro groups is 1. The zero-order chi connectivity index (χ0) is 14.3. The van der Waals surface area contributed by atoms with Crippen molar-refractivity contribution >= 4 is 16.6 Å². The van der Waals surface area contributed by atoms with Crippen molar-refractivity contribution in [1.82, 2.24) is 9.55 Å². The standard InChI is InChI=1S/C14H13N3O3/c1-9-10(2)20-14(15-9)8-16-7-6-11-12(16)4-3-5-13(11)17(18)19/h3-7H,8H2,1-2H3. The normalized spacial score (nSPS) is 11.1. The van der Waals surface area contributed by atoms with Gasteiger partial charge in [-0.05, 0) is 26.0 Å². The molecule has 3 aromatic rings. The zero-order valence-electron chi connectivity index (χ0n) is 11.2. The highest BCUT2D eigenvalue weighted by molar-refractivity contribution is 5.89. The van der Waals surface area contributed by atoms with Gasteiger partial charge in [-0.15, -0.1) is 0 Å². The van der Waals surface area contributed by atoms with E-state index in [4.69, 9.17) is 4.42 Å². The van der Waals surface area contributed by atoms with Gasteiger partial charge in [0.05, 0.1) is 28.1 Å². The van der Waals surface area contributed by atoms with Gasteiger partial charge in [-0.1, -0.05) is 6.07 Å². The van der Waals surface area contributed by atoms with E-state index < -0.39 is 0 Å². The molecule has 0 radical (unpaired) electrons. The van der Waals surface area contributed by atoms with Crippen LogP contribution in [0.15, 0.2) is 34.9 Å². The highest BCUT2D eigenvalue weighted by atomic mass is 16.6. The Hall–Kier alpha value is -2.63. The Balaban J connectivity index is 2.05. The van der Waals surface area contributed by atoms with E-state index in [9.17, 15) is 10.1 Å². The number of fused-ring (bicyclic) bond motifs is 1. The van der Waals surface area contributed by atoms with E-state index >= 15 is 0 Å². The molecular weight excluding hydrogens is 258 g/mol. The summed E-state index contributed by atoms with van der Waals surface area (Å²) in [6, 6.07) is 6.79. The average Bonchev–Trinajstić information content (AvgIpc) is 2.94. The van der Waals surface area contributed by atoms with Gasteiger partial charge >= 0.3 is 0 Å². The van der Waals surface area contributed by atoms with Crippen LogP contribution in [0.5, 0.6) is 0 Å². The number of hydrogen-bond acceptors (Lipinski definition) is 4. The van der Waals surface area contributed by atoms with Crippen molar-refractivity contribution in [2.24, 2.45) is 0 Å². The zero-order valence-corrected chi connectivity index (χ0v) is 11.2. The summed E-state index contributed by atoms with van der Waals surface area (Å²) in [6.07, 6.45) is 1.81. The predicted molar refractivity (Wildman–Crippen MR) is 73.7 cm³/mol. The Morgan fingerprint density at radius 2 is 2.15 bits per heavy atom. The van der Waals surface area contributed by atoms with Crippen LogP contribution in [0.1, 0.15) is 17.3 Å². The molecule has 6 nitrogen and oxygen atoms in total. The number of non-ortho nitro benzene ring substituents is 1. The molecule has 0 spiro atoms. The smallest absolute Gasteiger partial charge is 0.278 e. The molecule has 0 fully saturated rings. The van der Waals surface area contributed by atoms with Crippen molar-refractivity contribution in [1.29, 1.82) is 0 Å². The molecule has 0 aliphatic heterocycles. The summed E-state index contributed by atoms with van der Waals surface area (Å²) in [5.74, 6) is 1.39. The molecule has 3 rings (SSSR count). The quantitative estimate of drug-likeness (QED) is 0.541. The van der Waals surface area contributed by atoms with Crippen LogP contribution in [0.25, 0.3) is 10.9 Å². The lowest BCUT2D eigenvalue weighted by molar-refractivity contribution is -0.383. The van der Waals surface area contributed by atoms with Gasteiger partial charge in [-0.2, -0.15) is 0 Å². The summed E-state index contributed by atoms with van der Waals surface area (Å²) >= 11 is 0. The number of nitro benzene ring substituents is 1. The fourth-order valence-corrected chi connectivity index (χ4v) is 2.26. The molecule has 0 aliphatic rings. The first kappa shape index (κ1) is 12.4. The second kappa shape index (κ2) is 4.48. The second-order valence-electron chi connectivity index (χ2n) is 4.66. The molecule has 0 saturated carbocycles. The van der Waals surface area contributed by atoms with Crippen molar-refractivity contribution in [3.8, 4) is 0 Å². The summed E-state index contributed by atoms with van der Waals surface area (Å²) in [4.78, 5) is 15.0. The molecule has 1 aromatic carbocycles. The largest absolute Gasteiger partial charge is 0.444 e. The maximum atomic E-state index is 11.0. The second-order valence-corrected chi connectivity index (χ2v) is 4.66. The van der Waals surface area contributed by atoms with Gasteiger partial charge in [0.2, 0.25) is 5.89 Å². The lowest BCUT2D eigenvalue weighted by atomic mass is 10.2. The Labute approximate surface area is 114 Å². The van der Waals surface area contributed by atoms with Crippen LogP contribution >= 0.6 is 0 Å². The van der Waals surface area contributed by atoms with Crippen molar-refractivity contribution in [3.63, 3.8) is 0 Å². The number of nitrogens with zero attached hydrogens (tertiary/aromatic N) is 3. The van der Waals surface area contributed by atoms with Crippen molar-refractivity contribution in [2.75, 3.05) is 0 Å². The van der Waals surface area contributed by atoms with Crippen LogP contribution in [0, 0.1) is 24.0 Å². The summed E-state index contributed by atoms with van der Waals surface area (Å²) in [7, 11) is 0. The highest BCUT2D eigenvalue weighted by Crippen LogP contribution is 2.26. The third kappa shape index (κ3) is 1.95. The van der Waals surface area contributed by atoms with Crippen LogP contribution in [0.4, 0.5) is 5.69 Å². The first-order valence-corrected chi connectivity index (χ1v) is 6.21. The number of aromatic nitrogens is 2. The summed E-state index contributed by atoms with van der Waals surface area (Å²) in [5.41, 5.74) is 1.77. The van der Waals surface area contributed by atoms with Crippen LogP contribution in [0.3, 0.4) is 0 Å². The number of aryl methyl sites for hydroxylation is 2. The molecule has 20 heavy (non-hydrogen) atoms. The first-order chi connectivity index (χ1) is 9.56. The molecule has 2 heterocycles. The average molecular weight is 271 g/mol. The van der Waals surface area contributed by atoms with Gasteiger partial charge in [0.25, 0.3) is 5.69 Å². The minimum absolute atomic E-state index is 0.112. The number of hydrogen-bond donors (Lipinski definition) is 0. The van der Waals surface area contributed by atoms with Gasteiger partial charge in [0, 0.05) is 12.3 Å². The molecular formula is C14H13N3O3. The van der Waals surface area contributed by atoms with Crippen LogP contribution in [0.2, 0.25) is 0 Å². The molecule has 0 amide bonds. The molecule has 0 N–H and O–H groups in total. The third-order valence-corrected chi connectivity index (χ3v) is 3.37. The minimum Gasteiger partial charge on any atom is -0.444 e. The van der Waals surface area contributed by atoms with Gasteiger partial charge < -0.3 is 8.98 Å². The summed E-state index contributed by atoms with van der Waals surface area (Å²) in [5, 5.41) is 11.6. The molecule has 0 aliphatic carbocycles. The third-order valence-electron chi connectivity index (χ3n) is 3.37. The van der Waals surface area contributed by atoms with E-state index in [-0.39, 0.29) is 10.6 Å². The molecule has 0 unspecified atom stereocenters. The van der Waals surface area contributed by atoms with Crippen LogP contribution in [-0.2, 0) is 6.54 Å². The fourth-order valence-electron chi connectivity index (χ4n) is 2.26. The first-order valence-electron chi connectivity index (χ1n) is 6.21. The fraction of sp³-hybridized carbons (Fsp3) is 0.214. The molecule has 6 heteroatoms. The topological polar surface area (TPSA) is 74.1 Å². The Kier molecular flexibility index (Phi) is 2.78. The Morgan fingerprint density at radius 1 is 1.35 bits per heavy atom. The lowest BCUT2D eigenvalue weighted by Gasteiger charge is -2.02. The highest BCUT2D eigenvalue weighted by Gasteiger charge is 2.15. The predicted octanol–water partition coefficient (Wildman–Crippen LogP) is 3.20. The number of benzene rings is 1. The molecule has 0 atom stereocenters. The van der Waals surface area contributed by atoms with E-state index in [0.29, 0.717) is 17.8 Å². The SMILES string of the molecule is Cc1nc(Cn2ccc3c([N+](=O)[O-])cccc32)oc1C. The van der Waals surface area contributed by atoms with Crippen molar-refractivity contribution < 1.29 is 9.34 Å². The van der Waals surface area contributed by atoms with Gasteiger partial charge in [-0.3, -0.25) is 10.1 Å². The lowest BCUT2D eigenvalue weighted by Crippen LogP contribution is -1.98. The Morgan fingerprint density at radius 3 is 2.80 bits per heavy atom. The van der Waals surface area contributed by atoms with Crippen LogP contribution < -0.4 is 0 Å². The molecule has 0 saturated heterocycles. The molecule has 2 aromatic heterocycles. The van der Waals surface area contributed by atoms with E-state index in [0.717, 1.165) is 17.0 Å². The van der Waals surface area contributed by atoms with E-state index in [1.165, 1.54) is 6.07 Å². The summed E-state index contributed by atoms with van der Waals surface area (Å²) < 4.78 is 7.44. The van der Waals surface area contributed by atoms with Gasteiger partial charge in [-0.25, -0.2) is 4.98 Å². The monoisotopic (exact) mass is 271 g/mol. The minimum atomic E-state index is -0.369. The van der Waals surface area contributed by atoms with E-state index in [1.54, 1.807) is 12.1 Å². The van der Waals surface area contributed by atoms with Gasteiger partial charge in [0.1, 0.15) is 5.76 Å². The maximum absolute atomic E-state index is 11.0. The van der Waals surface area contributed by atoms with Gasteiger partial charge in [0.15, 0.2) is 0 Å². The van der Waals surface area contributed by atoms with E-state index in [2.05, 4.69) is 4.98 Å². The summed E-state index contributed by atoms with van der Waals surface area (Å²) in [6.45, 7) is 4.21. The Bertz CT molecular complexity index is 782.